The van der Waals surface area contributed by atoms with E-state index in [-0.39, 0.29) is 20.2 Å². The summed E-state index contributed by atoms with van der Waals surface area (Å²) in [5, 5.41) is 48.3. The van der Waals surface area contributed by atoms with Crippen molar-refractivity contribution in [1.82, 2.24) is 4.90 Å². The van der Waals surface area contributed by atoms with Gasteiger partial charge in [-0.1, -0.05) is 33.1 Å². The van der Waals surface area contributed by atoms with E-state index < -0.39 is 43.0 Å². The van der Waals surface area contributed by atoms with Crippen molar-refractivity contribution in [1.29, 1.82) is 0 Å². The van der Waals surface area contributed by atoms with Crippen LogP contribution in [-0.2, 0) is 9.53 Å². The highest BCUT2D eigenvalue weighted by molar-refractivity contribution is 5.76. The first kappa shape index (κ1) is 21.3. The Morgan fingerprint density at radius 2 is 1.75 bits per heavy atom. The molecule has 0 saturated heterocycles. The van der Waals surface area contributed by atoms with Crippen molar-refractivity contribution in [3.05, 3.63) is 0 Å². The van der Waals surface area contributed by atoms with Crippen molar-refractivity contribution in [3.8, 4) is 0 Å². The molecule has 0 aromatic rings. The lowest BCUT2D eigenvalue weighted by Gasteiger charge is -2.34. The summed E-state index contributed by atoms with van der Waals surface area (Å²) in [4.78, 5) is 13.6. The number of nitrogens with zero attached hydrogens (tertiary/aromatic N) is 1. The third-order valence-corrected chi connectivity index (χ3v) is 3.89. The molecule has 5 atom stereocenters. The van der Waals surface area contributed by atoms with Crippen molar-refractivity contribution >= 4 is 5.97 Å². The molecule has 0 fully saturated rings. The summed E-state index contributed by atoms with van der Waals surface area (Å²) in [6.45, 7) is 3.32. The molecule has 0 aliphatic carbocycles. The van der Waals surface area contributed by atoms with Crippen molar-refractivity contribution in [2.45, 2.75) is 70.0 Å². The molecule has 24 heavy (non-hydrogen) atoms. The van der Waals surface area contributed by atoms with Crippen molar-refractivity contribution in [2.75, 3.05) is 26.8 Å². The van der Waals surface area contributed by atoms with Gasteiger partial charge in [0.1, 0.15) is 30.5 Å². The van der Waals surface area contributed by atoms with Crippen LogP contribution in [0.2, 0.25) is 0 Å². The van der Waals surface area contributed by atoms with Crippen LogP contribution < -0.4 is 0 Å². The number of carbonyl (C=O) groups excluding carboxylic acids is 1. The number of rotatable bonds is 13. The fourth-order valence-electron chi connectivity index (χ4n) is 2.21. The number of carbonyl (C=O) groups is 1. The Morgan fingerprint density at radius 1 is 1.08 bits per heavy atom. The second-order valence-electron chi connectivity index (χ2n) is 5.80. The summed E-state index contributed by atoms with van der Waals surface area (Å²) in [6, 6.07) is -1.36. The highest BCUT2D eigenvalue weighted by atomic mass is 16.5. The van der Waals surface area contributed by atoms with E-state index in [1.807, 2.05) is 0 Å². The maximum absolute atomic E-state index is 12.3. The van der Waals surface area contributed by atoms with Crippen molar-refractivity contribution in [3.63, 3.8) is 0 Å². The Hall–Kier alpha value is -0.770. The number of unbranched alkanes of at least 4 members (excludes halogenated alkanes) is 3. The minimum atomic E-state index is -1.89. The number of likely N-dealkylation sites (N-methyl/N-ethyl adjacent to an activating group) is 1. The van der Waals surface area contributed by atoms with Crippen molar-refractivity contribution in [2.24, 2.45) is 0 Å². The van der Waals surface area contributed by atoms with Gasteiger partial charge in [-0.2, -0.15) is 0 Å². The zero-order valence-electron chi connectivity index (χ0n) is 15.5. The first-order valence-corrected chi connectivity index (χ1v) is 8.38. The number of hydrogen-bond donors (Lipinski definition) is 5. The minimum Gasteiger partial charge on any atom is -0.464 e. The van der Waals surface area contributed by atoms with Gasteiger partial charge in [-0.25, -0.2) is 0 Å². The Labute approximate surface area is 145 Å². The van der Waals surface area contributed by atoms with Gasteiger partial charge >= 0.3 is 5.97 Å². The number of hydrogen-bond acceptors (Lipinski definition) is 8. The molecular weight excluding hydrogens is 318 g/mol. The molecule has 0 bridgehead atoms. The molecule has 0 radical (unpaired) electrons. The molecule has 0 aliphatic rings. The van der Waals surface area contributed by atoms with E-state index in [1.54, 1.807) is 6.92 Å². The highest BCUT2D eigenvalue weighted by Crippen LogP contribution is 2.14. The smallest absolute Gasteiger partial charge is 0.326 e. The largest absolute Gasteiger partial charge is 0.464 e. The van der Waals surface area contributed by atoms with Gasteiger partial charge in [0.05, 0.1) is 13.2 Å². The normalized spacial score (nSPS) is 18.6. The average molecular weight is 352 g/mol. The Bertz CT molecular complexity index is 357. The van der Waals surface area contributed by atoms with Gasteiger partial charge in [-0.05, 0) is 20.0 Å². The average Bonchev–Trinajstić information content (AvgIpc) is 2.63. The van der Waals surface area contributed by atoms with Gasteiger partial charge in [0.25, 0.3) is 0 Å². The Balaban J connectivity index is 4.99. The standard InChI is InChI=1S/C16H33NO7/c1-4-6-7-8-9-24-16(23)12(17(3)5-2)14(21)15(22)13(20)11(19)10-18/h11-15,18-22H,4-10H2,1-3H3/t11-,12?,13-,14+,15+/m1/s1/i3D. The molecule has 0 rings (SSSR count). The third-order valence-electron chi connectivity index (χ3n) is 3.89. The van der Waals surface area contributed by atoms with Crippen LogP contribution in [0.5, 0.6) is 0 Å². The van der Waals surface area contributed by atoms with Crippen LogP contribution in [0.15, 0.2) is 0 Å². The second kappa shape index (κ2) is 12.6. The Kier molecular flexibility index (Phi) is 11.1. The van der Waals surface area contributed by atoms with Gasteiger partial charge in [0.15, 0.2) is 0 Å². The van der Waals surface area contributed by atoms with E-state index >= 15 is 0 Å². The second-order valence-corrected chi connectivity index (χ2v) is 5.80. The van der Waals surface area contributed by atoms with E-state index in [1.165, 1.54) is 4.90 Å². The number of ether oxygens (including phenoxy) is 1. The zero-order chi connectivity index (χ0) is 19.4. The first-order valence-electron chi connectivity index (χ1n) is 9.09. The molecular formula is C16H33NO7. The molecule has 0 saturated carbocycles. The van der Waals surface area contributed by atoms with Crippen LogP contribution in [0.1, 0.15) is 40.9 Å². The number of aliphatic hydroxyl groups excluding tert-OH is 5. The molecule has 0 heterocycles. The molecule has 0 spiro atoms. The van der Waals surface area contributed by atoms with E-state index in [4.69, 9.17) is 11.2 Å². The maximum Gasteiger partial charge on any atom is 0.326 e. The fraction of sp³-hybridized carbons (Fsp3) is 0.938. The Morgan fingerprint density at radius 3 is 2.25 bits per heavy atom. The van der Waals surface area contributed by atoms with Gasteiger partial charge < -0.3 is 30.3 Å². The van der Waals surface area contributed by atoms with Crippen molar-refractivity contribution < 1.29 is 36.4 Å². The summed E-state index contributed by atoms with van der Waals surface area (Å²) in [5.74, 6) is -0.803. The number of esters is 1. The number of aliphatic hydroxyl groups is 5. The molecule has 0 aromatic heterocycles. The lowest BCUT2D eigenvalue weighted by atomic mass is 9.97. The molecule has 144 valence electrons. The van der Waals surface area contributed by atoms with E-state index in [0.717, 1.165) is 19.3 Å². The van der Waals surface area contributed by atoms with Crippen LogP contribution >= 0.6 is 0 Å². The van der Waals surface area contributed by atoms with Gasteiger partial charge in [-0.15, -0.1) is 0 Å². The molecule has 0 aliphatic heterocycles. The van der Waals surface area contributed by atoms with E-state index in [2.05, 4.69) is 6.92 Å². The van der Waals surface area contributed by atoms with Crippen LogP contribution in [0, 0.1) is 0 Å². The highest BCUT2D eigenvalue weighted by Gasteiger charge is 2.40. The minimum absolute atomic E-state index is 0.162. The zero-order valence-corrected chi connectivity index (χ0v) is 14.5. The summed E-state index contributed by atoms with van der Waals surface area (Å²) < 4.78 is 12.6. The van der Waals surface area contributed by atoms with Gasteiger partial charge in [0.2, 0.25) is 0 Å². The topological polar surface area (TPSA) is 131 Å². The van der Waals surface area contributed by atoms with Crippen LogP contribution in [0.4, 0.5) is 0 Å². The predicted molar refractivity (Wildman–Crippen MR) is 88.3 cm³/mol. The summed E-state index contributed by atoms with van der Waals surface area (Å²) in [5.41, 5.74) is 0. The summed E-state index contributed by atoms with van der Waals surface area (Å²) in [7, 11) is -0.325. The maximum atomic E-state index is 12.3. The molecule has 8 heteroatoms. The SMILES string of the molecule is [2H]CN(CC)C(C(=O)OCCCCCC)[C@H](O)[C@@H](O)[C@H](O)[C@H](O)CO. The van der Waals surface area contributed by atoms with Crippen LogP contribution in [0.3, 0.4) is 0 Å². The quantitative estimate of drug-likeness (QED) is 0.208. The first-order chi connectivity index (χ1) is 11.8. The lowest BCUT2D eigenvalue weighted by molar-refractivity contribution is -0.166. The lowest BCUT2D eigenvalue weighted by Crippen LogP contribution is -2.57. The molecule has 8 nitrogen and oxygen atoms in total. The molecule has 5 N–H and O–H groups in total. The van der Waals surface area contributed by atoms with Gasteiger partial charge in [-0.3, -0.25) is 9.69 Å². The third kappa shape index (κ3) is 7.42. The molecule has 1 unspecified atom stereocenters. The monoisotopic (exact) mass is 352 g/mol. The van der Waals surface area contributed by atoms with Gasteiger partial charge in [0, 0.05) is 1.37 Å². The summed E-state index contributed by atoms with van der Waals surface area (Å²) >= 11 is 0. The molecule has 0 aromatic carbocycles. The van der Waals surface area contributed by atoms with Crippen LogP contribution in [0.25, 0.3) is 0 Å². The fourth-order valence-corrected chi connectivity index (χ4v) is 2.21. The predicted octanol–water partition coefficient (Wildman–Crippen LogP) is -1.13. The van der Waals surface area contributed by atoms with E-state index in [9.17, 15) is 25.2 Å². The molecule has 0 amide bonds. The summed E-state index contributed by atoms with van der Waals surface area (Å²) in [6.07, 6.45) is -3.56. The van der Waals surface area contributed by atoms with E-state index in [0.29, 0.717) is 6.42 Å². The van der Waals surface area contributed by atoms with Crippen LogP contribution in [-0.4, -0.2) is 93.6 Å².